The maximum absolute atomic E-state index is 12.8. The third kappa shape index (κ3) is 5.41. The normalized spacial score (nSPS) is 11.7. The fourth-order valence-corrected chi connectivity index (χ4v) is 4.58. The molecule has 0 spiro atoms. The first-order valence-electron chi connectivity index (χ1n) is 10.7. The number of carbonyl (C=O) groups is 1. The van der Waals surface area contributed by atoms with Crippen LogP contribution < -0.4 is 9.46 Å². The lowest BCUT2D eigenvalue weighted by Crippen LogP contribution is -2.30. The van der Waals surface area contributed by atoms with Crippen molar-refractivity contribution in [2.24, 2.45) is 0 Å². The largest absolute Gasteiger partial charge is 0.496 e. The van der Waals surface area contributed by atoms with Crippen LogP contribution in [0.15, 0.2) is 102 Å². The molecule has 0 atom stereocenters. The Morgan fingerprint density at radius 3 is 1.83 bits per heavy atom. The van der Waals surface area contributed by atoms with Gasteiger partial charge in [-0.25, -0.2) is 13.1 Å². The summed E-state index contributed by atoms with van der Waals surface area (Å²) in [5, 5.41) is 0. The minimum absolute atomic E-state index is 0.151. The zero-order chi connectivity index (χ0) is 25.9. The fraction of sp³-hybridized carbons (Fsp3) is 0.0741. The second-order valence-electron chi connectivity index (χ2n) is 7.81. The highest BCUT2D eigenvalue weighted by molar-refractivity contribution is 7.90. The average Bonchev–Trinajstić information content (AvgIpc) is 2.88. The van der Waals surface area contributed by atoms with E-state index in [2.05, 4.69) is 0 Å². The number of para-hydroxylation sites is 1. The van der Waals surface area contributed by atoms with Crippen LogP contribution in [0, 0.1) is 0 Å². The monoisotopic (exact) mass is 511 g/mol. The lowest BCUT2D eigenvalue weighted by atomic mass is 10.0. The summed E-state index contributed by atoms with van der Waals surface area (Å²) in [6, 6.07) is 23.8. The van der Waals surface area contributed by atoms with Crippen molar-refractivity contribution in [2.75, 3.05) is 7.11 Å². The Morgan fingerprint density at radius 2 is 1.28 bits per heavy atom. The van der Waals surface area contributed by atoms with Crippen LogP contribution in [0.3, 0.4) is 0 Å². The van der Waals surface area contributed by atoms with Crippen molar-refractivity contribution in [1.29, 1.82) is 0 Å². The van der Waals surface area contributed by atoms with Crippen molar-refractivity contribution in [3.63, 3.8) is 0 Å². The quantitative estimate of drug-likeness (QED) is 0.336. The zero-order valence-corrected chi connectivity index (χ0v) is 19.7. The molecule has 0 radical (unpaired) electrons. The van der Waals surface area contributed by atoms with Gasteiger partial charge in [0.05, 0.1) is 17.6 Å². The van der Waals surface area contributed by atoms with Gasteiger partial charge in [-0.3, -0.25) is 4.79 Å². The SMILES string of the molecule is COc1ccccc1-c1ccc(C(=O)NS(=O)(=O)c2ccc(-c3ccc(C(F)(F)F)cc3)cc2)cc1. The molecular formula is C27H20F3NO4S. The molecule has 0 unspecified atom stereocenters. The second kappa shape index (κ2) is 9.87. The molecule has 1 amide bonds. The number of methoxy groups -OCH3 is 1. The van der Waals surface area contributed by atoms with Crippen molar-refractivity contribution in [2.45, 2.75) is 11.1 Å². The molecular weight excluding hydrogens is 491 g/mol. The van der Waals surface area contributed by atoms with Gasteiger partial charge < -0.3 is 4.74 Å². The van der Waals surface area contributed by atoms with E-state index in [1.165, 1.54) is 48.5 Å². The highest BCUT2D eigenvalue weighted by Crippen LogP contribution is 2.32. The van der Waals surface area contributed by atoms with E-state index >= 15 is 0 Å². The maximum Gasteiger partial charge on any atom is 0.416 e. The van der Waals surface area contributed by atoms with Gasteiger partial charge in [-0.1, -0.05) is 54.6 Å². The Balaban J connectivity index is 1.48. The molecule has 0 aliphatic carbocycles. The van der Waals surface area contributed by atoms with Crippen LogP contribution in [0.2, 0.25) is 0 Å². The smallest absolute Gasteiger partial charge is 0.416 e. The van der Waals surface area contributed by atoms with Crippen molar-refractivity contribution in [1.82, 2.24) is 4.72 Å². The van der Waals surface area contributed by atoms with E-state index in [1.807, 2.05) is 29.0 Å². The van der Waals surface area contributed by atoms with Crippen molar-refractivity contribution < 1.29 is 31.1 Å². The zero-order valence-electron chi connectivity index (χ0n) is 18.9. The summed E-state index contributed by atoms with van der Waals surface area (Å²) in [4.78, 5) is 12.4. The molecule has 0 aliphatic heterocycles. The number of halogens is 3. The summed E-state index contributed by atoms with van der Waals surface area (Å²) in [6.45, 7) is 0. The minimum Gasteiger partial charge on any atom is -0.496 e. The van der Waals surface area contributed by atoms with Gasteiger partial charge in [-0.15, -0.1) is 0 Å². The number of ether oxygens (including phenoxy) is 1. The van der Waals surface area contributed by atoms with E-state index in [-0.39, 0.29) is 10.5 Å². The number of benzene rings is 4. The Kier molecular flexibility index (Phi) is 6.85. The van der Waals surface area contributed by atoms with Gasteiger partial charge in [-0.05, 0) is 59.2 Å². The van der Waals surface area contributed by atoms with Gasteiger partial charge in [0, 0.05) is 11.1 Å². The first kappa shape index (κ1) is 25.0. The molecule has 0 fully saturated rings. The van der Waals surface area contributed by atoms with Crippen molar-refractivity contribution in [3.8, 4) is 28.0 Å². The summed E-state index contributed by atoms with van der Waals surface area (Å²) >= 11 is 0. The van der Waals surface area contributed by atoms with Gasteiger partial charge in [0.2, 0.25) is 0 Å². The molecule has 5 nitrogen and oxygen atoms in total. The number of sulfonamides is 1. The lowest BCUT2D eigenvalue weighted by Gasteiger charge is -2.11. The number of hydrogen-bond acceptors (Lipinski definition) is 4. The van der Waals surface area contributed by atoms with Crippen LogP contribution >= 0.6 is 0 Å². The van der Waals surface area contributed by atoms with E-state index < -0.39 is 27.7 Å². The molecule has 1 N–H and O–H groups in total. The molecule has 0 aliphatic rings. The van der Waals surface area contributed by atoms with Gasteiger partial charge in [0.25, 0.3) is 15.9 Å². The maximum atomic E-state index is 12.8. The van der Waals surface area contributed by atoms with Gasteiger partial charge in [0.15, 0.2) is 0 Å². The van der Waals surface area contributed by atoms with Crippen LogP contribution in [0.25, 0.3) is 22.3 Å². The summed E-state index contributed by atoms with van der Waals surface area (Å²) in [6.07, 6.45) is -4.44. The molecule has 0 bridgehead atoms. The summed E-state index contributed by atoms with van der Waals surface area (Å²) in [5.41, 5.74) is 2.02. The van der Waals surface area contributed by atoms with Crippen molar-refractivity contribution >= 4 is 15.9 Å². The van der Waals surface area contributed by atoms with Crippen LogP contribution in [-0.4, -0.2) is 21.4 Å². The minimum atomic E-state index is -4.44. The average molecular weight is 512 g/mol. The molecule has 184 valence electrons. The summed E-state index contributed by atoms with van der Waals surface area (Å²) in [5.74, 6) is -0.134. The molecule has 9 heteroatoms. The molecule has 0 heterocycles. The lowest BCUT2D eigenvalue weighted by molar-refractivity contribution is -0.137. The van der Waals surface area contributed by atoms with Crippen LogP contribution in [0.5, 0.6) is 5.75 Å². The summed E-state index contributed by atoms with van der Waals surface area (Å²) in [7, 11) is -2.62. The van der Waals surface area contributed by atoms with E-state index in [1.54, 1.807) is 19.2 Å². The molecule has 0 saturated carbocycles. The molecule has 36 heavy (non-hydrogen) atoms. The predicted octanol–water partition coefficient (Wildman–Crippen LogP) is 6.17. The first-order valence-corrected chi connectivity index (χ1v) is 12.1. The Bertz CT molecular complexity index is 1480. The van der Waals surface area contributed by atoms with Crippen molar-refractivity contribution in [3.05, 3.63) is 108 Å². The van der Waals surface area contributed by atoms with E-state index in [9.17, 15) is 26.4 Å². The number of hydrogen-bond donors (Lipinski definition) is 1. The van der Waals surface area contributed by atoms with E-state index in [4.69, 9.17) is 4.74 Å². The third-order valence-electron chi connectivity index (χ3n) is 5.50. The van der Waals surface area contributed by atoms with Crippen LogP contribution in [-0.2, 0) is 16.2 Å². The molecule has 0 aromatic heterocycles. The van der Waals surface area contributed by atoms with Gasteiger partial charge in [-0.2, -0.15) is 13.2 Å². The van der Waals surface area contributed by atoms with E-state index in [0.29, 0.717) is 16.9 Å². The number of amides is 1. The second-order valence-corrected chi connectivity index (χ2v) is 9.49. The number of rotatable bonds is 6. The molecule has 4 aromatic rings. The molecule has 4 rings (SSSR count). The summed E-state index contributed by atoms with van der Waals surface area (Å²) < 4.78 is 71.1. The Morgan fingerprint density at radius 1 is 0.750 bits per heavy atom. The predicted molar refractivity (Wildman–Crippen MR) is 130 cm³/mol. The molecule has 4 aromatic carbocycles. The van der Waals surface area contributed by atoms with Gasteiger partial charge >= 0.3 is 6.18 Å². The Labute approximate surface area is 206 Å². The third-order valence-corrected chi connectivity index (χ3v) is 6.85. The topological polar surface area (TPSA) is 72.5 Å². The first-order chi connectivity index (χ1) is 17.1. The number of nitrogens with one attached hydrogen (secondary N) is 1. The van der Waals surface area contributed by atoms with Gasteiger partial charge in [0.1, 0.15) is 5.75 Å². The number of carbonyl (C=O) groups excluding carboxylic acids is 1. The standard InChI is InChI=1S/C27H20F3NO4S/c1-35-25-5-3-2-4-24(25)20-6-8-21(9-7-20)26(32)31-36(33,34)23-16-12-19(13-17-23)18-10-14-22(15-11-18)27(28,29)30/h2-17H,1H3,(H,31,32). The fourth-order valence-electron chi connectivity index (χ4n) is 3.60. The highest BCUT2D eigenvalue weighted by atomic mass is 32.2. The Hall–Kier alpha value is -4.11. The number of alkyl halides is 3. The highest BCUT2D eigenvalue weighted by Gasteiger charge is 2.30. The molecule has 0 saturated heterocycles. The van der Waals surface area contributed by atoms with E-state index in [0.717, 1.165) is 23.3 Å². The van der Waals surface area contributed by atoms with Crippen LogP contribution in [0.1, 0.15) is 15.9 Å². The van der Waals surface area contributed by atoms with Crippen LogP contribution in [0.4, 0.5) is 13.2 Å².